The van der Waals surface area contributed by atoms with E-state index in [2.05, 4.69) is 78.7 Å². The van der Waals surface area contributed by atoms with Gasteiger partial charge in [-0.15, -0.1) is 0 Å². The lowest BCUT2D eigenvalue weighted by molar-refractivity contribution is -0.123. The molecule has 0 aliphatic rings. The smallest absolute Gasteiger partial charge is 0.277 e. The molecule has 0 atom stereocenters. The molecular weight excluding hydrogens is 410 g/mol. The van der Waals surface area contributed by atoms with Crippen molar-refractivity contribution in [2.75, 3.05) is 18.1 Å². The number of carbonyl (C=O) groups excluding carboxylic acids is 1. The Balaban J connectivity index is 1.51. The highest BCUT2D eigenvalue weighted by Gasteiger charge is 2.10. The molecule has 1 amide bonds. The average Bonchev–Trinajstić information content (AvgIpc) is 2.83. The number of amides is 1. The maximum absolute atomic E-state index is 12.2. The number of hydrazone groups is 1. The molecule has 33 heavy (non-hydrogen) atoms. The molecule has 0 aromatic heterocycles. The first-order valence-corrected chi connectivity index (χ1v) is 11.4. The molecule has 0 spiro atoms. The lowest BCUT2D eigenvalue weighted by atomic mass is 10.00. The summed E-state index contributed by atoms with van der Waals surface area (Å²) in [4.78, 5) is 14.5. The topological polar surface area (TPSA) is 53.9 Å². The highest BCUT2D eigenvalue weighted by Crippen LogP contribution is 2.27. The Labute approximate surface area is 197 Å². The minimum absolute atomic E-state index is 0.0794. The van der Waals surface area contributed by atoms with Gasteiger partial charge in [0.2, 0.25) is 0 Å². The SMILES string of the molecule is CCN(Cc1ccccc1)c1ccc(/C=N/NC(=O)COc2ccc(C)cc2C(C)C)cc1. The van der Waals surface area contributed by atoms with Gasteiger partial charge < -0.3 is 9.64 Å². The Bertz CT molecular complexity index is 1060. The van der Waals surface area contributed by atoms with Gasteiger partial charge in [0.15, 0.2) is 6.61 Å². The Morgan fingerprint density at radius 3 is 2.45 bits per heavy atom. The van der Waals surface area contributed by atoms with Crippen LogP contribution in [-0.4, -0.2) is 25.3 Å². The standard InChI is InChI=1S/C28H33N3O2/c1-5-31(19-24-9-7-6-8-10-24)25-14-12-23(13-15-25)18-29-30-28(32)20-33-27-16-11-22(4)17-26(27)21(2)3/h6-18,21H,5,19-20H2,1-4H3,(H,30,32)/b29-18+. The Hall–Kier alpha value is -3.60. The minimum atomic E-state index is -0.293. The van der Waals surface area contributed by atoms with Gasteiger partial charge in [-0.25, -0.2) is 5.43 Å². The maximum Gasteiger partial charge on any atom is 0.277 e. The van der Waals surface area contributed by atoms with Crippen LogP contribution in [0, 0.1) is 6.92 Å². The van der Waals surface area contributed by atoms with Crippen molar-refractivity contribution in [3.8, 4) is 5.75 Å². The molecular formula is C28H33N3O2. The Morgan fingerprint density at radius 2 is 1.79 bits per heavy atom. The van der Waals surface area contributed by atoms with Gasteiger partial charge in [0.25, 0.3) is 5.91 Å². The van der Waals surface area contributed by atoms with Crippen molar-refractivity contribution in [1.29, 1.82) is 0 Å². The third kappa shape index (κ3) is 7.21. The minimum Gasteiger partial charge on any atom is -0.483 e. The molecule has 1 N–H and O–H groups in total. The first kappa shape index (κ1) is 24.1. The van der Waals surface area contributed by atoms with Gasteiger partial charge in [0.05, 0.1) is 6.21 Å². The van der Waals surface area contributed by atoms with E-state index < -0.39 is 0 Å². The zero-order valence-electron chi connectivity index (χ0n) is 19.9. The second kappa shape index (κ2) is 11.9. The summed E-state index contributed by atoms with van der Waals surface area (Å²) in [5.41, 5.74) is 8.15. The molecule has 5 heteroatoms. The molecule has 0 saturated carbocycles. The Morgan fingerprint density at radius 1 is 1.06 bits per heavy atom. The molecule has 0 fully saturated rings. The summed E-state index contributed by atoms with van der Waals surface area (Å²) in [7, 11) is 0. The summed E-state index contributed by atoms with van der Waals surface area (Å²) in [6.45, 7) is 10.1. The van der Waals surface area contributed by atoms with Crippen molar-refractivity contribution in [3.63, 3.8) is 0 Å². The maximum atomic E-state index is 12.2. The number of hydrogen-bond donors (Lipinski definition) is 1. The van der Waals surface area contributed by atoms with Crippen molar-refractivity contribution in [2.24, 2.45) is 5.10 Å². The molecule has 0 unspecified atom stereocenters. The molecule has 0 aliphatic heterocycles. The van der Waals surface area contributed by atoms with Crippen molar-refractivity contribution in [3.05, 3.63) is 95.1 Å². The second-order valence-electron chi connectivity index (χ2n) is 8.37. The summed E-state index contributed by atoms with van der Waals surface area (Å²) in [6.07, 6.45) is 1.64. The summed E-state index contributed by atoms with van der Waals surface area (Å²) in [6, 6.07) is 24.6. The van der Waals surface area contributed by atoms with Gasteiger partial charge >= 0.3 is 0 Å². The predicted molar refractivity (Wildman–Crippen MR) is 136 cm³/mol. The molecule has 3 aromatic rings. The third-order valence-electron chi connectivity index (χ3n) is 5.41. The zero-order chi connectivity index (χ0) is 23.6. The van der Waals surface area contributed by atoms with Gasteiger partial charge in [-0.1, -0.05) is 74.0 Å². The fraction of sp³-hybridized carbons (Fsp3) is 0.286. The average molecular weight is 444 g/mol. The summed E-state index contributed by atoms with van der Waals surface area (Å²) in [5, 5.41) is 4.07. The fourth-order valence-corrected chi connectivity index (χ4v) is 3.57. The number of aryl methyl sites for hydroxylation is 1. The van der Waals surface area contributed by atoms with Crippen molar-refractivity contribution in [1.82, 2.24) is 5.43 Å². The molecule has 0 saturated heterocycles. The lowest BCUT2D eigenvalue weighted by Crippen LogP contribution is -2.25. The first-order valence-electron chi connectivity index (χ1n) is 11.4. The molecule has 5 nitrogen and oxygen atoms in total. The number of nitrogens with one attached hydrogen (secondary N) is 1. The van der Waals surface area contributed by atoms with Gasteiger partial charge in [0, 0.05) is 18.8 Å². The normalized spacial score (nSPS) is 11.1. The highest BCUT2D eigenvalue weighted by atomic mass is 16.5. The van der Waals surface area contributed by atoms with Gasteiger partial charge in [-0.3, -0.25) is 4.79 Å². The molecule has 3 rings (SSSR count). The van der Waals surface area contributed by atoms with E-state index in [1.165, 1.54) is 11.1 Å². The van der Waals surface area contributed by atoms with E-state index in [0.29, 0.717) is 5.92 Å². The number of benzene rings is 3. The number of rotatable bonds is 10. The van der Waals surface area contributed by atoms with Crippen LogP contribution in [0.3, 0.4) is 0 Å². The lowest BCUT2D eigenvalue weighted by Gasteiger charge is -2.23. The van der Waals surface area contributed by atoms with Crippen LogP contribution in [0.4, 0.5) is 5.69 Å². The van der Waals surface area contributed by atoms with Crippen LogP contribution in [0.25, 0.3) is 0 Å². The zero-order valence-corrected chi connectivity index (χ0v) is 19.9. The van der Waals surface area contributed by atoms with Gasteiger partial charge in [-0.2, -0.15) is 5.10 Å². The Kier molecular flexibility index (Phi) is 8.64. The van der Waals surface area contributed by atoms with Crippen LogP contribution >= 0.6 is 0 Å². The number of ether oxygens (including phenoxy) is 1. The van der Waals surface area contributed by atoms with Crippen LogP contribution in [0.5, 0.6) is 5.75 Å². The molecule has 0 aliphatic carbocycles. The van der Waals surface area contributed by atoms with Crippen LogP contribution in [0.15, 0.2) is 77.9 Å². The van der Waals surface area contributed by atoms with E-state index in [0.717, 1.165) is 35.7 Å². The number of carbonyl (C=O) groups is 1. The number of nitrogens with zero attached hydrogens (tertiary/aromatic N) is 2. The molecule has 0 heterocycles. The summed E-state index contributed by atoms with van der Waals surface area (Å²) < 4.78 is 5.73. The van der Waals surface area contributed by atoms with Crippen molar-refractivity contribution >= 4 is 17.8 Å². The van der Waals surface area contributed by atoms with E-state index in [4.69, 9.17) is 4.74 Å². The van der Waals surface area contributed by atoms with E-state index in [1.807, 2.05) is 37.3 Å². The third-order valence-corrected chi connectivity index (χ3v) is 5.41. The highest BCUT2D eigenvalue weighted by molar-refractivity contribution is 5.83. The van der Waals surface area contributed by atoms with Crippen molar-refractivity contribution in [2.45, 2.75) is 40.2 Å². The van der Waals surface area contributed by atoms with Crippen molar-refractivity contribution < 1.29 is 9.53 Å². The number of hydrogen-bond acceptors (Lipinski definition) is 4. The monoisotopic (exact) mass is 443 g/mol. The summed E-state index contributed by atoms with van der Waals surface area (Å²) in [5.74, 6) is 0.764. The van der Waals surface area contributed by atoms with E-state index >= 15 is 0 Å². The van der Waals surface area contributed by atoms with Gasteiger partial charge in [0.1, 0.15) is 5.75 Å². The quantitative estimate of drug-likeness (QED) is 0.324. The van der Waals surface area contributed by atoms with Crippen LogP contribution in [0.2, 0.25) is 0 Å². The van der Waals surface area contributed by atoms with Crippen LogP contribution < -0.4 is 15.1 Å². The molecule has 0 radical (unpaired) electrons. The predicted octanol–water partition coefficient (Wildman–Crippen LogP) is 5.67. The molecule has 0 bridgehead atoms. The number of anilines is 1. The molecule has 172 valence electrons. The molecule has 3 aromatic carbocycles. The largest absolute Gasteiger partial charge is 0.483 e. The van der Waals surface area contributed by atoms with Gasteiger partial charge in [-0.05, 0) is 54.7 Å². The van der Waals surface area contributed by atoms with E-state index in [1.54, 1.807) is 6.21 Å². The van der Waals surface area contributed by atoms with Crippen LogP contribution in [-0.2, 0) is 11.3 Å². The van der Waals surface area contributed by atoms with E-state index in [9.17, 15) is 4.79 Å². The first-order chi connectivity index (χ1) is 16.0. The second-order valence-corrected chi connectivity index (χ2v) is 8.37. The summed E-state index contributed by atoms with van der Waals surface area (Å²) >= 11 is 0. The van der Waals surface area contributed by atoms with Crippen LogP contribution in [0.1, 0.15) is 48.9 Å². The van der Waals surface area contributed by atoms with E-state index in [-0.39, 0.29) is 12.5 Å². The fourth-order valence-electron chi connectivity index (χ4n) is 3.57.